The summed E-state index contributed by atoms with van der Waals surface area (Å²) in [5.41, 5.74) is 20.7. The van der Waals surface area contributed by atoms with Gasteiger partial charge in [-0.25, -0.2) is 0 Å². The summed E-state index contributed by atoms with van der Waals surface area (Å²) in [6, 6.07) is 8.85. The maximum absolute atomic E-state index is 10.2. The van der Waals surface area contributed by atoms with Crippen molar-refractivity contribution in [1.29, 1.82) is 5.26 Å². The molecule has 126 valence electrons. The van der Waals surface area contributed by atoms with Gasteiger partial charge in [-0.3, -0.25) is 0 Å². The summed E-state index contributed by atoms with van der Waals surface area (Å²) in [6.45, 7) is 0. The molecule has 1 heterocycles. The standard InChI is InChI=1S/C17H17BN4O3/c1-24-16-10(18)4-7(5-12(16)23)13-8-2-3-11(20)14(21)15(8)25-17(22)9(13)6-19/h2-5,13,23H,18,20-22H2,1H3/t13-/m1/s1. The summed E-state index contributed by atoms with van der Waals surface area (Å²) in [5, 5.41) is 19.8. The lowest BCUT2D eigenvalue weighted by Crippen LogP contribution is -2.23. The number of fused-ring (bicyclic) bond motifs is 1. The van der Waals surface area contributed by atoms with Gasteiger partial charge in [-0.15, -0.1) is 0 Å². The molecule has 25 heavy (non-hydrogen) atoms. The number of nitrogens with zero attached hydrogens (tertiary/aromatic N) is 1. The van der Waals surface area contributed by atoms with Crippen molar-refractivity contribution in [3.05, 3.63) is 46.8 Å². The fraction of sp³-hybridized carbons (Fsp3) is 0.118. The van der Waals surface area contributed by atoms with Crippen LogP contribution >= 0.6 is 0 Å². The minimum absolute atomic E-state index is 0.0233. The van der Waals surface area contributed by atoms with Crippen LogP contribution < -0.4 is 32.1 Å². The number of phenolic OH excluding ortho intramolecular Hbond substituents is 1. The molecule has 0 aromatic heterocycles. The van der Waals surface area contributed by atoms with Gasteiger partial charge in [0.15, 0.2) is 17.2 Å². The maximum Gasteiger partial charge on any atom is 0.205 e. The monoisotopic (exact) mass is 336 g/mol. The minimum Gasteiger partial charge on any atom is -0.504 e. The van der Waals surface area contributed by atoms with Gasteiger partial charge in [0.2, 0.25) is 5.88 Å². The Morgan fingerprint density at radius 1 is 1.28 bits per heavy atom. The number of aromatic hydroxyl groups is 1. The summed E-state index contributed by atoms with van der Waals surface area (Å²) in [4.78, 5) is 0. The van der Waals surface area contributed by atoms with Crippen LogP contribution in [0, 0.1) is 11.3 Å². The lowest BCUT2D eigenvalue weighted by Gasteiger charge is -2.28. The lowest BCUT2D eigenvalue weighted by atomic mass is 9.80. The number of hydrogen-bond donors (Lipinski definition) is 4. The number of allylic oxidation sites excluding steroid dienone is 1. The predicted octanol–water partition coefficient (Wildman–Crippen LogP) is 0.0418. The zero-order valence-electron chi connectivity index (χ0n) is 13.8. The van der Waals surface area contributed by atoms with Crippen LogP contribution in [0.25, 0.3) is 0 Å². The second-order valence-electron chi connectivity index (χ2n) is 5.80. The molecule has 0 saturated carbocycles. The van der Waals surface area contributed by atoms with Gasteiger partial charge < -0.3 is 31.8 Å². The molecule has 0 amide bonds. The number of hydrogen-bond acceptors (Lipinski definition) is 7. The van der Waals surface area contributed by atoms with Crippen LogP contribution in [-0.2, 0) is 0 Å². The highest BCUT2D eigenvalue weighted by atomic mass is 16.5. The number of anilines is 2. The molecule has 0 saturated heterocycles. The topological polar surface area (TPSA) is 141 Å². The largest absolute Gasteiger partial charge is 0.504 e. The van der Waals surface area contributed by atoms with Crippen LogP contribution in [0.1, 0.15) is 17.0 Å². The molecule has 1 atom stereocenters. The van der Waals surface area contributed by atoms with Crippen LogP contribution in [-0.4, -0.2) is 20.1 Å². The molecule has 1 aliphatic heterocycles. The average molecular weight is 336 g/mol. The second kappa shape index (κ2) is 5.87. The first-order valence-corrected chi connectivity index (χ1v) is 7.52. The van der Waals surface area contributed by atoms with Gasteiger partial charge >= 0.3 is 0 Å². The Morgan fingerprint density at radius 2 is 2.00 bits per heavy atom. The Bertz CT molecular complexity index is 927. The zero-order valence-corrected chi connectivity index (χ0v) is 13.8. The van der Waals surface area contributed by atoms with E-state index in [9.17, 15) is 10.4 Å². The Labute approximate surface area is 145 Å². The highest BCUT2D eigenvalue weighted by molar-refractivity contribution is 6.34. The molecule has 2 aromatic rings. The highest BCUT2D eigenvalue weighted by Gasteiger charge is 2.33. The smallest absolute Gasteiger partial charge is 0.205 e. The summed E-state index contributed by atoms with van der Waals surface area (Å²) >= 11 is 0. The number of phenols is 1. The predicted molar refractivity (Wildman–Crippen MR) is 97.4 cm³/mol. The maximum atomic E-state index is 10.2. The zero-order chi connectivity index (χ0) is 18.3. The van der Waals surface area contributed by atoms with E-state index in [2.05, 4.69) is 6.07 Å². The number of ether oxygens (including phenoxy) is 2. The van der Waals surface area contributed by atoms with E-state index in [0.717, 1.165) is 5.46 Å². The number of rotatable bonds is 2. The van der Waals surface area contributed by atoms with Gasteiger partial charge in [0.25, 0.3) is 0 Å². The SMILES string of the molecule is Bc1cc([C@H]2C(C#N)=C(N)Oc3c2ccc(N)c3N)cc(O)c1OC. The molecule has 1 aliphatic rings. The van der Waals surface area contributed by atoms with E-state index in [1.165, 1.54) is 7.11 Å². The summed E-state index contributed by atoms with van der Waals surface area (Å²) in [6.07, 6.45) is 0. The Kier molecular flexibility index (Phi) is 3.85. The van der Waals surface area contributed by atoms with E-state index >= 15 is 0 Å². The molecule has 0 spiro atoms. The van der Waals surface area contributed by atoms with Crippen molar-refractivity contribution in [1.82, 2.24) is 0 Å². The van der Waals surface area contributed by atoms with E-state index in [1.54, 1.807) is 26.0 Å². The first-order chi connectivity index (χ1) is 11.9. The van der Waals surface area contributed by atoms with Crippen LogP contribution in [0.15, 0.2) is 35.7 Å². The van der Waals surface area contributed by atoms with Gasteiger partial charge in [0, 0.05) is 5.56 Å². The van der Waals surface area contributed by atoms with Crippen molar-refractivity contribution in [2.24, 2.45) is 5.73 Å². The van der Waals surface area contributed by atoms with Gasteiger partial charge in [-0.2, -0.15) is 5.26 Å². The van der Waals surface area contributed by atoms with Crippen molar-refractivity contribution < 1.29 is 14.6 Å². The van der Waals surface area contributed by atoms with Gasteiger partial charge in [0.1, 0.15) is 19.5 Å². The van der Waals surface area contributed by atoms with Crippen molar-refractivity contribution in [2.45, 2.75) is 5.92 Å². The fourth-order valence-corrected chi connectivity index (χ4v) is 3.12. The first kappa shape index (κ1) is 16.4. The number of methoxy groups -OCH3 is 1. The Morgan fingerprint density at radius 3 is 2.60 bits per heavy atom. The van der Waals surface area contributed by atoms with E-state index in [1.807, 2.05) is 6.07 Å². The third-order valence-electron chi connectivity index (χ3n) is 4.27. The van der Waals surface area contributed by atoms with Crippen LogP contribution in [0.4, 0.5) is 11.4 Å². The van der Waals surface area contributed by atoms with E-state index in [-0.39, 0.29) is 22.9 Å². The molecule has 2 aromatic carbocycles. The van der Waals surface area contributed by atoms with Crippen molar-refractivity contribution in [3.8, 4) is 23.3 Å². The first-order valence-electron chi connectivity index (χ1n) is 7.52. The lowest BCUT2D eigenvalue weighted by molar-refractivity contribution is 0.375. The quantitative estimate of drug-likeness (QED) is 0.448. The van der Waals surface area contributed by atoms with E-state index in [4.69, 9.17) is 26.7 Å². The normalized spacial score (nSPS) is 15.9. The van der Waals surface area contributed by atoms with E-state index in [0.29, 0.717) is 28.3 Å². The molecule has 0 aliphatic carbocycles. The number of benzene rings is 2. The molecular formula is C17H17BN4O3. The van der Waals surface area contributed by atoms with Gasteiger partial charge in [-0.1, -0.05) is 12.1 Å². The molecule has 0 unspecified atom stereocenters. The number of nitrogen functional groups attached to an aromatic ring is 2. The van der Waals surface area contributed by atoms with Crippen molar-refractivity contribution >= 4 is 24.7 Å². The fourth-order valence-electron chi connectivity index (χ4n) is 3.12. The molecule has 7 N–H and O–H groups in total. The minimum atomic E-state index is -0.535. The van der Waals surface area contributed by atoms with Gasteiger partial charge in [0.05, 0.1) is 24.4 Å². The summed E-state index contributed by atoms with van der Waals surface area (Å²) in [7, 11) is 3.28. The van der Waals surface area contributed by atoms with Crippen LogP contribution in [0.3, 0.4) is 0 Å². The highest BCUT2D eigenvalue weighted by Crippen LogP contribution is 2.47. The van der Waals surface area contributed by atoms with Crippen molar-refractivity contribution in [3.63, 3.8) is 0 Å². The molecule has 3 rings (SSSR count). The molecular weight excluding hydrogens is 319 g/mol. The Balaban J connectivity index is 2.28. The molecule has 0 radical (unpaired) electrons. The van der Waals surface area contributed by atoms with Gasteiger partial charge in [-0.05, 0) is 23.2 Å². The third-order valence-corrected chi connectivity index (χ3v) is 4.27. The van der Waals surface area contributed by atoms with Crippen LogP contribution in [0.2, 0.25) is 0 Å². The third kappa shape index (κ3) is 2.46. The molecule has 7 nitrogen and oxygen atoms in total. The number of nitriles is 1. The second-order valence-corrected chi connectivity index (χ2v) is 5.80. The van der Waals surface area contributed by atoms with Crippen molar-refractivity contribution in [2.75, 3.05) is 18.6 Å². The Hall–Kier alpha value is -3.47. The summed E-state index contributed by atoms with van der Waals surface area (Å²) in [5.74, 6) is 0.111. The summed E-state index contributed by atoms with van der Waals surface area (Å²) < 4.78 is 10.7. The molecule has 0 fully saturated rings. The molecule has 0 bridgehead atoms. The van der Waals surface area contributed by atoms with E-state index < -0.39 is 5.92 Å². The average Bonchev–Trinajstić information content (AvgIpc) is 2.57. The molecule has 8 heteroatoms. The van der Waals surface area contributed by atoms with Crippen LogP contribution in [0.5, 0.6) is 17.2 Å². The number of nitrogens with two attached hydrogens (primary N) is 3.